The first-order valence-corrected chi connectivity index (χ1v) is 9.81. The Labute approximate surface area is 164 Å². The molecular formula is C23H23N3O2. The Morgan fingerprint density at radius 3 is 2.36 bits per heavy atom. The van der Waals surface area contributed by atoms with Gasteiger partial charge in [0.1, 0.15) is 0 Å². The molecule has 0 bridgehead atoms. The highest BCUT2D eigenvalue weighted by atomic mass is 16.4. The Kier molecular flexibility index (Phi) is 4.05. The van der Waals surface area contributed by atoms with E-state index >= 15 is 0 Å². The van der Waals surface area contributed by atoms with Crippen LogP contribution in [0.3, 0.4) is 0 Å². The third-order valence-corrected chi connectivity index (χ3v) is 6.38. The van der Waals surface area contributed by atoms with E-state index in [4.69, 9.17) is 0 Å². The van der Waals surface area contributed by atoms with Gasteiger partial charge in [-0.25, -0.2) is 4.79 Å². The van der Waals surface area contributed by atoms with E-state index in [9.17, 15) is 9.90 Å². The number of H-pyrrole nitrogens is 1. The van der Waals surface area contributed by atoms with Crippen molar-refractivity contribution < 1.29 is 9.90 Å². The van der Waals surface area contributed by atoms with Gasteiger partial charge in [0.2, 0.25) is 0 Å². The monoisotopic (exact) mass is 373 g/mol. The number of carboxylic acid groups (broad SMARTS) is 1. The molecule has 3 aromatic rings. The van der Waals surface area contributed by atoms with Gasteiger partial charge in [-0.2, -0.15) is 5.10 Å². The predicted octanol–water partition coefficient (Wildman–Crippen LogP) is 3.47. The maximum absolute atomic E-state index is 11.4. The number of rotatable bonds is 5. The molecule has 142 valence electrons. The molecule has 1 atom stereocenters. The third-order valence-electron chi connectivity index (χ3n) is 6.38. The summed E-state index contributed by atoms with van der Waals surface area (Å²) in [6.07, 6.45) is 1.95. The number of carbonyl (C=O) groups is 1. The molecule has 1 aliphatic heterocycles. The Morgan fingerprint density at radius 1 is 1.11 bits per heavy atom. The van der Waals surface area contributed by atoms with E-state index < -0.39 is 5.97 Å². The molecule has 0 saturated heterocycles. The van der Waals surface area contributed by atoms with Crippen LogP contribution in [0.15, 0.2) is 60.7 Å². The number of aromatic carboxylic acids is 1. The van der Waals surface area contributed by atoms with Gasteiger partial charge >= 0.3 is 5.97 Å². The molecule has 0 radical (unpaired) electrons. The standard InChI is InChI=1S/C23H23N3O2/c27-22(28)21-19-15-26(12-11-20(19)24-25-21)14-18-13-23(18,16-7-3-1-4-8-16)17-9-5-2-6-10-17/h1-10,18H,11-15H2,(H,24,25)(H,27,28). The molecular weight excluding hydrogens is 350 g/mol. The first kappa shape index (κ1) is 17.2. The van der Waals surface area contributed by atoms with Crippen LogP contribution in [0.4, 0.5) is 0 Å². The van der Waals surface area contributed by atoms with Crippen molar-refractivity contribution in [2.45, 2.75) is 24.8 Å². The summed E-state index contributed by atoms with van der Waals surface area (Å²) in [5.74, 6) is -0.423. The van der Waals surface area contributed by atoms with E-state index in [0.717, 1.165) is 37.2 Å². The van der Waals surface area contributed by atoms with Gasteiger partial charge in [-0.1, -0.05) is 60.7 Å². The van der Waals surface area contributed by atoms with Gasteiger partial charge in [0.05, 0.1) is 0 Å². The summed E-state index contributed by atoms with van der Waals surface area (Å²) in [4.78, 5) is 13.8. The lowest BCUT2D eigenvalue weighted by molar-refractivity contribution is 0.0687. The highest BCUT2D eigenvalue weighted by molar-refractivity contribution is 5.87. The van der Waals surface area contributed by atoms with Gasteiger partial charge in [0, 0.05) is 42.7 Å². The molecule has 2 heterocycles. The fourth-order valence-electron chi connectivity index (χ4n) is 4.89. The summed E-state index contributed by atoms with van der Waals surface area (Å²) in [7, 11) is 0. The molecule has 5 rings (SSSR count). The molecule has 1 unspecified atom stereocenters. The maximum Gasteiger partial charge on any atom is 0.356 e. The first-order valence-electron chi connectivity index (χ1n) is 9.81. The number of hydrogen-bond acceptors (Lipinski definition) is 3. The van der Waals surface area contributed by atoms with Crippen LogP contribution in [0.25, 0.3) is 0 Å². The summed E-state index contributed by atoms with van der Waals surface area (Å²) in [5, 5.41) is 16.3. The fraction of sp³-hybridized carbons (Fsp3) is 0.304. The number of nitrogens with zero attached hydrogens (tertiary/aromatic N) is 2. The SMILES string of the molecule is O=C(O)c1n[nH]c2c1CN(CC1CC1(c1ccccc1)c1ccccc1)CC2. The molecule has 5 heteroatoms. The quantitative estimate of drug-likeness (QED) is 0.718. The van der Waals surface area contributed by atoms with Gasteiger partial charge < -0.3 is 5.11 Å². The molecule has 1 fully saturated rings. The molecule has 1 aromatic heterocycles. The largest absolute Gasteiger partial charge is 0.476 e. The number of carboxylic acids is 1. The van der Waals surface area contributed by atoms with Gasteiger partial charge in [-0.05, 0) is 23.5 Å². The summed E-state index contributed by atoms with van der Waals surface area (Å²) in [5.41, 5.74) is 4.81. The number of nitrogens with one attached hydrogen (secondary N) is 1. The number of aromatic nitrogens is 2. The van der Waals surface area contributed by atoms with Crippen molar-refractivity contribution in [2.24, 2.45) is 5.92 Å². The minimum absolute atomic E-state index is 0.0643. The molecule has 2 aliphatic rings. The summed E-state index contributed by atoms with van der Waals surface area (Å²) >= 11 is 0. The van der Waals surface area contributed by atoms with E-state index in [1.165, 1.54) is 11.1 Å². The third kappa shape index (κ3) is 2.74. The average Bonchev–Trinajstić information content (AvgIpc) is 3.29. The zero-order valence-electron chi connectivity index (χ0n) is 15.6. The number of aromatic amines is 1. The van der Waals surface area contributed by atoms with Crippen molar-refractivity contribution in [2.75, 3.05) is 13.1 Å². The molecule has 28 heavy (non-hydrogen) atoms. The van der Waals surface area contributed by atoms with Crippen LogP contribution in [0.1, 0.15) is 39.3 Å². The van der Waals surface area contributed by atoms with E-state index in [1.807, 2.05) is 0 Å². The van der Waals surface area contributed by atoms with E-state index in [0.29, 0.717) is 12.5 Å². The first-order chi connectivity index (χ1) is 13.7. The van der Waals surface area contributed by atoms with Crippen LogP contribution in [0.5, 0.6) is 0 Å². The summed E-state index contributed by atoms with van der Waals surface area (Å²) in [6, 6.07) is 21.6. The minimum atomic E-state index is -0.950. The highest BCUT2D eigenvalue weighted by Gasteiger charge is 2.56. The van der Waals surface area contributed by atoms with Gasteiger partial charge in [0.25, 0.3) is 0 Å². The normalized spacial score (nSPS) is 20.5. The van der Waals surface area contributed by atoms with Crippen LogP contribution in [0.2, 0.25) is 0 Å². The lowest BCUT2D eigenvalue weighted by Crippen LogP contribution is -2.34. The lowest BCUT2D eigenvalue weighted by atomic mass is 9.85. The fourth-order valence-corrected chi connectivity index (χ4v) is 4.89. The van der Waals surface area contributed by atoms with Crippen molar-refractivity contribution in [1.82, 2.24) is 15.1 Å². The zero-order chi connectivity index (χ0) is 19.1. The molecule has 2 aromatic carbocycles. The van der Waals surface area contributed by atoms with E-state index in [2.05, 4.69) is 75.8 Å². The molecule has 0 spiro atoms. The smallest absolute Gasteiger partial charge is 0.356 e. The van der Waals surface area contributed by atoms with E-state index in [1.54, 1.807) is 0 Å². The number of fused-ring (bicyclic) bond motifs is 1. The number of benzene rings is 2. The highest BCUT2D eigenvalue weighted by Crippen LogP contribution is 2.59. The Morgan fingerprint density at radius 2 is 1.75 bits per heavy atom. The topological polar surface area (TPSA) is 69.2 Å². The van der Waals surface area contributed by atoms with Crippen molar-refractivity contribution >= 4 is 5.97 Å². The Bertz CT molecular complexity index is 958. The van der Waals surface area contributed by atoms with Crippen LogP contribution in [-0.4, -0.2) is 39.3 Å². The number of hydrogen-bond donors (Lipinski definition) is 2. The second kappa shape index (κ2) is 6.60. The molecule has 1 saturated carbocycles. The average molecular weight is 373 g/mol. The van der Waals surface area contributed by atoms with Crippen LogP contribution in [0, 0.1) is 5.92 Å². The molecule has 0 amide bonds. The van der Waals surface area contributed by atoms with Crippen molar-refractivity contribution in [3.8, 4) is 0 Å². The second-order valence-electron chi connectivity index (χ2n) is 7.92. The van der Waals surface area contributed by atoms with Gasteiger partial charge in [-0.3, -0.25) is 10.00 Å². The second-order valence-corrected chi connectivity index (χ2v) is 7.92. The predicted molar refractivity (Wildman–Crippen MR) is 106 cm³/mol. The Hall–Kier alpha value is -2.92. The minimum Gasteiger partial charge on any atom is -0.476 e. The van der Waals surface area contributed by atoms with Gasteiger partial charge in [-0.15, -0.1) is 0 Å². The van der Waals surface area contributed by atoms with Crippen molar-refractivity contribution in [3.63, 3.8) is 0 Å². The Balaban J connectivity index is 1.40. The molecule has 1 aliphatic carbocycles. The molecule has 2 N–H and O–H groups in total. The summed E-state index contributed by atoms with van der Waals surface area (Å²) < 4.78 is 0. The zero-order valence-corrected chi connectivity index (χ0v) is 15.6. The lowest BCUT2D eigenvalue weighted by Gasteiger charge is -2.28. The van der Waals surface area contributed by atoms with Gasteiger partial charge in [0.15, 0.2) is 5.69 Å². The van der Waals surface area contributed by atoms with Crippen LogP contribution in [-0.2, 0) is 18.4 Å². The maximum atomic E-state index is 11.4. The summed E-state index contributed by atoms with van der Waals surface area (Å²) in [6.45, 7) is 2.56. The molecule has 5 nitrogen and oxygen atoms in total. The van der Waals surface area contributed by atoms with E-state index in [-0.39, 0.29) is 11.1 Å². The van der Waals surface area contributed by atoms with Crippen molar-refractivity contribution in [1.29, 1.82) is 0 Å². The van der Waals surface area contributed by atoms with Crippen LogP contribution < -0.4 is 0 Å². The van der Waals surface area contributed by atoms with Crippen molar-refractivity contribution in [3.05, 3.63) is 88.7 Å². The van der Waals surface area contributed by atoms with Crippen LogP contribution >= 0.6 is 0 Å².